The highest BCUT2D eigenvalue weighted by molar-refractivity contribution is 6.42. The molecule has 0 bridgehead atoms. The Morgan fingerprint density at radius 3 is 2.30 bits per heavy atom. The summed E-state index contributed by atoms with van der Waals surface area (Å²) >= 11 is 12.0. The first kappa shape index (κ1) is 15.0. The molecule has 0 amide bonds. The zero-order chi connectivity index (χ0) is 14.5. The van der Waals surface area contributed by atoms with Crippen molar-refractivity contribution in [1.82, 2.24) is 0 Å². The van der Waals surface area contributed by atoms with Crippen LogP contribution >= 0.6 is 23.2 Å². The highest BCUT2D eigenvalue weighted by Gasteiger charge is 2.08. The minimum atomic E-state index is 0.588. The predicted octanol–water partition coefficient (Wildman–Crippen LogP) is 4.99. The topological polar surface area (TPSA) is 29.3 Å². The van der Waals surface area contributed by atoms with E-state index in [0.29, 0.717) is 10.0 Å². The van der Waals surface area contributed by atoms with Crippen molar-refractivity contribution in [1.29, 1.82) is 0 Å². The minimum Gasteiger partial charge on any atom is -0.399 e. The lowest BCUT2D eigenvalue weighted by molar-refractivity contribution is 0.767. The van der Waals surface area contributed by atoms with Gasteiger partial charge in [0.15, 0.2) is 0 Å². The second-order valence-corrected chi connectivity index (χ2v) is 5.58. The standard InChI is InChI=1S/C16H18Cl2N2/c1-2-9-20(14-6-4-13(19)5-7-14)11-12-3-8-15(17)16(18)10-12/h3-8,10H,2,9,11,19H2,1H3. The second kappa shape index (κ2) is 6.87. The number of hydrogen-bond acceptors (Lipinski definition) is 2. The monoisotopic (exact) mass is 308 g/mol. The lowest BCUT2D eigenvalue weighted by Gasteiger charge is -2.24. The van der Waals surface area contributed by atoms with Crippen LogP contribution in [0.2, 0.25) is 10.0 Å². The van der Waals surface area contributed by atoms with Crippen LogP contribution in [0.4, 0.5) is 11.4 Å². The lowest BCUT2D eigenvalue weighted by atomic mass is 10.2. The molecule has 0 unspecified atom stereocenters. The molecule has 106 valence electrons. The molecule has 2 N–H and O–H groups in total. The van der Waals surface area contributed by atoms with Crippen molar-refractivity contribution in [3.63, 3.8) is 0 Å². The summed E-state index contributed by atoms with van der Waals surface area (Å²) in [5, 5.41) is 1.18. The van der Waals surface area contributed by atoms with E-state index in [1.54, 1.807) is 0 Å². The van der Waals surface area contributed by atoms with Gasteiger partial charge >= 0.3 is 0 Å². The fraction of sp³-hybridized carbons (Fsp3) is 0.250. The number of nitrogen functional groups attached to an aromatic ring is 1. The summed E-state index contributed by atoms with van der Waals surface area (Å²) in [6.45, 7) is 3.94. The van der Waals surface area contributed by atoms with E-state index in [2.05, 4.69) is 11.8 Å². The average Bonchev–Trinajstić information content (AvgIpc) is 2.43. The molecule has 0 aliphatic rings. The first-order chi connectivity index (χ1) is 9.60. The molecule has 0 saturated heterocycles. The van der Waals surface area contributed by atoms with E-state index in [9.17, 15) is 0 Å². The van der Waals surface area contributed by atoms with Gasteiger partial charge in [-0.1, -0.05) is 36.2 Å². The number of nitrogens with zero attached hydrogens (tertiary/aromatic N) is 1. The lowest BCUT2D eigenvalue weighted by Crippen LogP contribution is -2.23. The van der Waals surface area contributed by atoms with E-state index >= 15 is 0 Å². The molecule has 4 heteroatoms. The van der Waals surface area contributed by atoms with Crippen LogP contribution in [0.25, 0.3) is 0 Å². The zero-order valence-electron chi connectivity index (χ0n) is 11.4. The molecule has 0 aliphatic heterocycles. The van der Waals surface area contributed by atoms with Gasteiger partial charge in [0, 0.05) is 24.5 Å². The zero-order valence-corrected chi connectivity index (χ0v) is 13.0. The summed E-state index contributed by atoms with van der Waals surface area (Å²) in [5.41, 5.74) is 8.82. The molecule has 0 aliphatic carbocycles. The van der Waals surface area contributed by atoms with Gasteiger partial charge in [-0.05, 0) is 48.4 Å². The van der Waals surface area contributed by atoms with Crippen molar-refractivity contribution in [2.75, 3.05) is 17.2 Å². The maximum Gasteiger partial charge on any atom is 0.0595 e. The molecule has 0 saturated carbocycles. The van der Waals surface area contributed by atoms with Gasteiger partial charge in [-0.25, -0.2) is 0 Å². The molecule has 0 radical (unpaired) electrons. The molecule has 0 atom stereocenters. The van der Waals surface area contributed by atoms with Crippen LogP contribution in [0.5, 0.6) is 0 Å². The number of hydrogen-bond donors (Lipinski definition) is 1. The molecular weight excluding hydrogens is 291 g/mol. The molecule has 2 nitrogen and oxygen atoms in total. The summed E-state index contributed by atoms with van der Waals surface area (Å²) < 4.78 is 0. The largest absolute Gasteiger partial charge is 0.399 e. The van der Waals surface area contributed by atoms with Crippen LogP contribution in [0.15, 0.2) is 42.5 Å². The molecular formula is C16H18Cl2N2. The minimum absolute atomic E-state index is 0.588. The van der Waals surface area contributed by atoms with Crippen LogP contribution in [0.3, 0.4) is 0 Å². The number of rotatable bonds is 5. The Morgan fingerprint density at radius 2 is 1.70 bits per heavy atom. The quantitative estimate of drug-likeness (QED) is 0.788. The fourth-order valence-electron chi connectivity index (χ4n) is 2.11. The van der Waals surface area contributed by atoms with E-state index in [1.165, 1.54) is 0 Å². The molecule has 0 aromatic heterocycles. The first-order valence-corrected chi connectivity index (χ1v) is 7.40. The number of halogens is 2. The van der Waals surface area contributed by atoms with Gasteiger partial charge in [-0.15, -0.1) is 0 Å². The Balaban J connectivity index is 2.20. The van der Waals surface area contributed by atoms with Crippen LogP contribution in [0.1, 0.15) is 18.9 Å². The maximum atomic E-state index is 6.07. The van der Waals surface area contributed by atoms with Crippen molar-refractivity contribution in [2.45, 2.75) is 19.9 Å². The Morgan fingerprint density at radius 1 is 1.00 bits per heavy atom. The highest BCUT2D eigenvalue weighted by Crippen LogP contribution is 2.25. The van der Waals surface area contributed by atoms with E-state index in [4.69, 9.17) is 28.9 Å². The summed E-state index contributed by atoms with van der Waals surface area (Å²) in [4.78, 5) is 2.30. The van der Waals surface area contributed by atoms with Gasteiger partial charge in [0.05, 0.1) is 10.0 Å². The van der Waals surface area contributed by atoms with Crippen molar-refractivity contribution in [3.8, 4) is 0 Å². The highest BCUT2D eigenvalue weighted by atomic mass is 35.5. The molecule has 0 fully saturated rings. The first-order valence-electron chi connectivity index (χ1n) is 6.64. The molecule has 0 spiro atoms. The van der Waals surface area contributed by atoms with Gasteiger partial charge in [0.2, 0.25) is 0 Å². The third-order valence-corrected chi connectivity index (χ3v) is 3.85. The third kappa shape index (κ3) is 3.81. The SMILES string of the molecule is CCCN(Cc1ccc(Cl)c(Cl)c1)c1ccc(N)cc1. The van der Waals surface area contributed by atoms with Crippen molar-refractivity contribution in [2.24, 2.45) is 0 Å². The van der Waals surface area contributed by atoms with Crippen LogP contribution in [-0.4, -0.2) is 6.54 Å². The molecule has 2 aromatic rings. The van der Waals surface area contributed by atoms with E-state index < -0.39 is 0 Å². The third-order valence-electron chi connectivity index (χ3n) is 3.11. The summed E-state index contributed by atoms with van der Waals surface area (Å²) in [7, 11) is 0. The van der Waals surface area contributed by atoms with Gasteiger partial charge in [0.1, 0.15) is 0 Å². The summed E-state index contributed by atoms with van der Waals surface area (Å²) in [6.07, 6.45) is 1.08. The van der Waals surface area contributed by atoms with Crippen LogP contribution in [-0.2, 0) is 6.54 Å². The molecule has 2 rings (SSSR count). The second-order valence-electron chi connectivity index (χ2n) is 4.76. The summed E-state index contributed by atoms with van der Waals surface area (Å²) in [6, 6.07) is 13.7. The maximum absolute atomic E-state index is 6.07. The van der Waals surface area contributed by atoms with Crippen LogP contribution in [0, 0.1) is 0 Å². The smallest absolute Gasteiger partial charge is 0.0595 e. The van der Waals surface area contributed by atoms with E-state index in [-0.39, 0.29) is 0 Å². The van der Waals surface area contributed by atoms with Crippen molar-refractivity contribution >= 4 is 34.6 Å². The van der Waals surface area contributed by atoms with Gasteiger partial charge < -0.3 is 10.6 Å². The normalized spacial score (nSPS) is 10.6. The van der Waals surface area contributed by atoms with Gasteiger partial charge in [0.25, 0.3) is 0 Å². The van der Waals surface area contributed by atoms with Gasteiger partial charge in [-0.3, -0.25) is 0 Å². The molecule has 0 heterocycles. The number of benzene rings is 2. The number of anilines is 2. The Labute approximate surface area is 130 Å². The fourth-order valence-corrected chi connectivity index (χ4v) is 2.43. The Hall–Kier alpha value is -1.38. The predicted molar refractivity (Wildman–Crippen MR) is 88.7 cm³/mol. The van der Waals surface area contributed by atoms with Crippen molar-refractivity contribution in [3.05, 3.63) is 58.1 Å². The Kier molecular flexibility index (Phi) is 5.16. The summed E-state index contributed by atoms with van der Waals surface area (Å²) in [5.74, 6) is 0. The van der Waals surface area contributed by atoms with Crippen molar-refractivity contribution < 1.29 is 0 Å². The van der Waals surface area contributed by atoms with Crippen LogP contribution < -0.4 is 10.6 Å². The average molecular weight is 309 g/mol. The molecule has 20 heavy (non-hydrogen) atoms. The molecule has 2 aromatic carbocycles. The number of nitrogens with two attached hydrogens (primary N) is 1. The van der Waals surface area contributed by atoms with E-state index in [1.807, 2.05) is 42.5 Å². The van der Waals surface area contributed by atoms with Gasteiger partial charge in [-0.2, -0.15) is 0 Å². The van der Waals surface area contributed by atoms with E-state index in [0.717, 1.165) is 36.4 Å². The Bertz CT molecular complexity index is 567.